The van der Waals surface area contributed by atoms with E-state index in [0.29, 0.717) is 314 Å². The molecule has 0 radical (unpaired) electrons. The van der Waals surface area contributed by atoms with Gasteiger partial charge in [-0.05, 0) is 0 Å². The van der Waals surface area contributed by atoms with Gasteiger partial charge in [-0.2, -0.15) is 0 Å². The van der Waals surface area contributed by atoms with Crippen LogP contribution in [0.2, 0.25) is 0 Å². The van der Waals surface area contributed by atoms with Crippen LogP contribution >= 0.6 is 0 Å². The summed E-state index contributed by atoms with van der Waals surface area (Å²) in [6, 6.07) is 0. The predicted octanol–water partition coefficient (Wildman–Crippen LogP) is -0.604. The SMILES string of the molecule is O=C(CCOCCOCCOCCOCCOCCOCCOCCOCCOCCOCCOCCOCCOCCOCCOCCOCCOCCOCCOCCOCCOCCOCCOCCOCCOCCC(=O)ON1C(=O)CCC1=O)ON1C(=O)CCC1=O. The number of hydroxylamine groups is 4. The monoisotopic (exact) mass is 1410 g/mol. The van der Waals surface area contributed by atoms with Crippen molar-refractivity contribution < 1.29 is 157 Å². The molecule has 4 amide bonds. The van der Waals surface area contributed by atoms with Gasteiger partial charge < -0.3 is 128 Å². The minimum absolute atomic E-state index is 0.0496. The molecule has 0 spiro atoms. The van der Waals surface area contributed by atoms with Crippen molar-refractivity contribution in [3.8, 4) is 0 Å². The van der Waals surface area contributed by atoms with E-state index in [9.17, 15) is 28.8 Å². The molecule has 2 fully saturated rings. The molecule has 0 atom stereocenters. The maximum Gasteiger partial charge on any atom is 0.335 e. The average Bonchev–Trinajstić information content (AvgIpc) is 2.08. The molecule has 2 saturated heterocycles. The Labute approximate surface area is 569 Å². The quantitative estimate of drug-likeness (QED) is 0.0542. The molecule has 2 aliphatic rings. The van der Waals surface area contributed by atoms with Crippen molar-refractivity contribution in [1.82, 2.24) is 10.1 Å². The Bertz CT molecular complexity index is 1660. The summed E-state index contributed by atoms with van der Waals surface area (Å²) >= 11 is 0. The summed E-state index contributed by atoms with van der Waals surface area (Å²) in [4.78, 5) is 78.7. The van der Waals surface area contributed by atoms with Gasteiger partial charge in [-0.3, -0.25) is 19.2 Å². The van der Waals surface area contributed by atoms with Crippen LogP contribution in [0.25, 0.3) is 0 Å². The molecular formula is C62H112N2O33. The molecule has 0 aliphatic carbocycles. The highest BCUT2D eigenvalue weighted by atomic mass is 16.7. The molecule has 97 heavy (non-hydrogen) atoms. The standard InChI is InChI=1S/C62H112N2O33/c65-57-1-2-58(66)63(57)96-61(69)5-7-71-9-11-73-13-15-75-17-19-77-21-23-79-25-27-81-29-31-83-33-35-85-37-39-87-41-43-89-45-47-91-49-51-93-53-55-95-56-54-94-52-50-92-48-46-90-44-42-88-40-38-86-36-34-84-32-30-82-28-26-80-24-22-78-20-18-76-16-14-74-12-10-72-8-6-62(70)97-64-59(67)3-4-60(64)68/h1-56H2. The lowest BCUT2D eigenvalue weighted by atomic mass is 10.4. The van der Waals surface area contributed by atoms with Crippen molar-refractivity contribution in [1.29, 1.82) is 0 Å². The van der Waals surface area contributed by atoms with E-state index in [1.165, 1.54) is 0 Å². The summed E-state index contributed by atoms with van der Waals surface area (Å²) in [5.74, 6) is -3.49. The number of carbonyl (C=O) groups excluding carboxylic acids is 6. The van der Waals surface area contributed by atoms with Crippen LogP contribution in [0.15, 0.2) is 0 Å². The highest BCUT2D eigenvalue weighted by molar-refractivity contribution is 6.02. The summed E-state index contributed by atoms with van der Waals surface area (Å²) in [7, 11) is 0. The first-order valence-electron chi connectivity index (χ1n) is 33.4. The zero-order valence-electron chi connectivity index (χ0n) is 57.0. The molecule has 2 rings (SSSR count). The maximum absolute atomic E-state index is 11.7. The van der Waals surface area contributed by atoms with Crippen LogP contribution < -0.4 is 0 Å². The molecule has 0 unspecified atom stereocenters. The summed E-state index contributed by atoms with van der Waals surface area (Å²) in [5, 5.41) is 1.03. The van der Waals surface area contributed by atoms with Crippen LogP contribution in [0, 0.1) is 0 Å². The largest absolute Gasteiger partial charge is 0.378 e. The number of hydrogen-bond acceptors (Lipinski definition) is 33. The van der Waals surface area contributed by atoms with Crippen LogP contribution in [0.1, 0.15) is 38.5 Å². The van der Waals surface area contributed by atoms with Gasteiger partial charge in [-0.15, -0.1) is 10.1 Å². The molecule has 0 aromatic heterocycles. The molecule has 2 aliphatic heterocycles. The van der Waals surface area contributed by atoms with Crippen LogP contribution in [-0.4, -0.2) is 376 Å². The Morgan fingerprint density at radius 2 is 0.268 bits per heavy atom. The third kappa shape index (κ3) is 61.8. The van der Waals surface area contributed by atoms with Crippen LogP contribution in [0.5, 0.6) is 0 Å². The van der Waals surface area contributed by atoms with E-state index in [2.05, 4.69) is 0 Å². The number of nitrogens with zero attached hydrogens (tertiary/aromatic N) is 2. The number of rotatable bonds is 80. The number of hydrogen-bond donors (Lipinski definition) is 0. The van der Waals surface area contributed by atoms with Crippen molar-refractivity contribution in [3.05, 3.63) is 0 Å². The normalized spacial score (nSPS) is 13.4. The van der Waals surface area contributed by atoms with Gasteiger partial charge in [0.2, 0.25) is 0 Å². The van der Waals surface area contributed by atoms with Crippen LogP contribution in [0.4, 0.5) is 0 Å². The van der Waals surface area contributed by atoms with Gasteiger partial charge in [0.1, 0.15) is 0 Å². The first kappa shape index (κ1) is 89.3. The van der Waals surface area contributed by atoms with Gasteiger partial charge in [0.05, 0.1) is 343 Å². The zero-order chi connectivity index (χ0) is 69.3. The minimum atomic E-state index is -0.708. The van der Waals surface area contributed by atoms with Crippen molar-refractivity contribution in [2.75, 3.05) is 330 Å². The lowest BCUT2D eigenvalue weighted by Crippen LogP contribution is -2.32. The average molecular weight is 1410 g/mol. The van der Waals surface area contributed by atoms with Gasteiger partial charge in [-0.25, -0.2) is 9.59 Å². The van der Waals surface area contributed by atoms with E-state index in [4.69, 9.17) is 128 Å². The highest BCUT2D eigenvalue weighted by Crippen LogP contribution is 2.14. The summed E-state index contributed by atoms with van der Waals surface area (Å²) in [6.45, 7) is 21.2. The third-order valence-corrected chi connectivity index (χ3v) is 12.2. The lowest BCUT2D eigenvalue weighted by molar-refractivity contribution is -0.198. The topological polar surface area (TPSA) is 358 Å². The minimum Gasteiger partial charge on any atom is -0.378 e. The third-order valence-electron chi connectivity index (χ3n) is 12.2. The number of imide groups is 2. The van der Waals surface area contributed by atoms with E-state index in [-0.39, 0.29) is 65.0 Å². The van der Waals surface area contributed by atoms with E-state index < -0.39 is 35.6 Å². The Hall–Kier alpha value is -3.78. The van der Waals surface area contributed by atoms with Gasteiger partial charge in [0.15, 0.2) is 0 Å². The fraction of sp³-hybridized carbons (Fsp3) is 0.903. The number of ether oxygens (including phenoxy) is 25. The molecule has 0 bridgehead atoms. The van der Waals surface area contributed by atoms with E-state index in [1.54, 1.807) is 0 Å². The highest BCUT2D eigenvalue weighted by Gasteiger charge is 2.33. The molecule has 35 nitrogen and oxygen atoms in total. The fourth-order valence-electron chi connectivity index (χ4n) is 7.30. The first-order valence-corrected chi connectivity index (χ1v) is 33.4. The Morgan fingerprint density at radius 3 is 0.371 bits per heavy atom. The van der Waals surface area contributed by atoms with Gasteiger partial charge in [0, 0.05) is 25.7 Å². The molecule has 0 aromatic rings. The van der Waals surface area contributed by atoms with Gasteiger partial charge >= 0.3 is 11.9 Å². The molecule has 0 N–H and O–H groups in total. The van der Waals surface area contributed by atoms with Crippen LogP contribution in [-0.2, 0) is 157 Å². The number of carbonyl (C=O) groups is 6. The van der Waals surface area contributed by atoms with E-state index in [0.717, 1.165) is 0 Å². The van der Waals surface area contributed by atoms with Gasteiger partial charge in [0.25, 0.3) is 23.6 Å². The summed E-state index contributed by atoms with van der Waals surface area (Å²) in [5.41, 5.74) is 0. The lowest BCUT2D eigenvalue weighted by Gasteiger charge is -2.12. The summed E-state index contributed by atoms with van der Waals surface area (Å²) < 4.78 is 137. The van der Waals surface area contributed by atoms with Crippen molar-refractivity contribution in [2.24, 2.45) is 0 Å². The van der Waals surface area contributed by atoms with Gasteiger partial charge in [-0.1, -0.05) is 0 Å². The maximum atomic E-state index is 11.7. The molecule has 0 saturated carbocycles. The molecule has 0 aromatic carbocycles. The van der Waals surface area contributed by atoms with Crippen LogP contribution in [0.3, 0.4) is 0 Å². The predicted molar refractivity (Wildman–Crippen MR) is 334 cm³/mol. The second-order valence-electron chi connectivity index (χ2n) is 19.9. The van der Waals surface area contributed by atoms with E-state index in [1.807, 2.05) is 0 Å². The van der Waals surface area contributed by atoms with E-state index >= 15 is 0 Å². The smallest absolute Gasteiger partial charge is 0.335 e. The summed E-state index contributed by atoms with van der Waals surface area (Å²) in [6.07, 6.45) is 0.0285. The first-order chi connectivity index (χ1) is 47.9. The van der Waals surface area contributed by atoms with Crippen molar-refractivity contribution in [2.45, 2.75) is 38.5 Å². The molecule has 568 valence electrons. The Balaban J connectivity index is 1.09. The Morgan fingerprint density at radius 1 is 0.175 bits per heavy atom. The second-order valence-corrected chi connectivity index (χ2v) is 19.9. The second kappa shape index (κ2) is 72.0. The number of amides is 4. The van der Waals surface area contributed by atoms with Crippen molar-refractivity contribution in [3.63, 3.8) is 0 Å². The molecule has 2 heterocycles. The Kier molecular flexibility index (Phi) is 66.3. The molecule has 35 heteroatoms. The molecular weight excluding hydrogens is 1300 g/mol. The van der Waals surface area contributed by atoms with Crippen molar-refractivity contribution >= 4 is 35.6 Å². The zero-order valence-corrected chi connectivity index (χ0v) is 57.0. The fourth-order valence-corrected chi connectivity index (χ4v) is 7.30.